The normalized spacial score (nSPS) is 10.7. The number of nitrogens with two attached hydrogens (primary N) is 1. The molecule has 1 rings (SSSR count). The summed E-state index contributed by atoms with van der Waals surface area (Å²) >= 11 is 3.44. The largest absolute Gasteiger partial charge is 0.399 e. The first kappa shape index (κ1) is 12.3. The number of rotatable bonds is 5. The fraction of sp³-hybridized carbons (Fsp3) is 0.455. The number of nitrogens with one attached hydrogen (secondary N) is 1. The van der Waals surface area contributed by atoms with Crippen molar-refractivity contribution in [3.63, 3.8) is 0 Å². The molecule has 4 heteroatoms. The molecule has 3 N–H and O–H groups in total. The van der Waals surface area contributed by atoms with Gasteiger partial charge in [0.25, 0.3) is 0 Å². The molecule has 0 atom stereocenters. The SMILES string of the molecule is CC(C)OCCNc1ccc(N)cc1Br. The highest BCUT2D eigenvalue weighted by molar-refractivity contribution is 9.10. The minimum atomic E-state index is 0.279. The Morgan fingerprint density at radius 2 is 2.20 bits per heavy atom. The molecule has 0 radical (unpaired) electrons. The van der Waals surface area contributed by atoms with Crippen LogP contribution in [0.25, 0.3) is 0 Å². The Labute approximate surface area is 99.1 Å². The lowest BCUT2D eigenvalue weighted by Gasteiger charge is -2.11. The minimum Gasteiger partial charge on any atom is -0.399 e. The van der Waals surface area contributed by atoms with Crippen molar-refractivity contribution in [1.29, 1.82) is 0 Å². The molecule has 1 aromatic carbocycles. The average molecular weight is 273 g/mol. The second kappa shape index (κ2) is 5.98. The minimum absolute atomic E-state index is 0.279. The van der Waals surface area contributed by atoms with Crippen LogP contribution in [0.5, 0.6) is 0 Å². The van der Waals surface area contributed by atoms with Gasteiger partial charge in [0.15, 0.2) is 0 Å². The van der Waals surface area contributed by atoms with E-state index in [1.54, 1.807) is 0 Å². The van der Waals surface area contributed by atoms with Crippen LogP contribution in [0, 0.1) is 0 Å². The zero-order valence-electron chi connectivity index (χ0n) is 9.09. The van der Waals surface area contributed by atoms with Gasteiger partial charge in [0.1, 0.15) is 0 Å². The van der Waals surface area contributed by atoms with Crippen LogP contribution in [0.2, 0.25) is 0 Å². The van der Waals surface area contributed by atoms with Gasteiger partial charge in [-0.15, -0.1) is 0 Å². The average Bonchev–Trinajstić information content (AvgIpc) is 2.14. The monoisotopic (exact) mass is 272 g/mol. The van der Waals surface area contributed by atoms with Crippen molar-refractivity contribution in [3.05, 3.63) is 22.7 Å². The molecular formula is C11H17BrN2O. The highest BCUT2D eigenvalue weighted by Gasteiger charge is 1.99. The van der Waals surface area contributed by atoms with Gasteiger partial charge in [-0.3, -0.25) is 0 Å². The zero-order chi connectivity index (χ0) is 11.3. The molecule has 0 fully saturated rings. The van der Waals surface area contributed by atoms with E-state index in [4.69, 9.17) is 10.5 Å². The molecule has 0 spiro atoms. The predicted octanol–water partition coefficient (Wildman–Crippen LogP) is 2.87. The van der Waals surface area contributed by atoms with E-state index < -0.39 is 0 Å². The summed E-state index contributed by atoms with van der Waals surface area (Å²) in [6.45, 7) is 5.55. The summed E-state index contributed by atoms with van der Waals surface area (Å²) in [6.07, 6.45) is 0.279. The summed E-state index contributed by atoms with van der Waals surface area (Å²) < 4.78 is 6.40. The van der Waals surface area contributed by atoms with Gasteiger partial charge < -0.3 is 15.8 Å². The van der Waals surface area contributed by atoms with Crippen LogP contribution in [-0.2, 0) is 4.74 Å². The van der Waals surface area contributed by atoms with E-state index in [-0.39, 0.29) is 6.10 Å². The van der Waals surface area contributed by atoms with E-state index >= 15 is 0 Å². The molecule has 0 saturated heterocycles. The number of benzene rings is 1. The number of hydrogen-bond acceptors (Lipinski definition) is 3. The standard InChI is InChI=1S/C11H17BrN2O/c1-8(2)15-6-5-14-11-4-3-9(13)7-10(11)12/h3-4,7-8,14H,5-6,13H2,1-2H3. The third-order valence-corrected chi connectivity index (χ3v) is 2.52. The third kappa shape index (κ3) is 4.53. The van der Waals surface area contributed by atoms with E-state index in [1.807, 2.05) is 32.0 Å². The Bertz CT molecular complexity index is 315. The number of nitrogen functional groups attached to an aromatic ring is 1. The molecule has 0 aromatic heterocycles. The van der Waals surface area contributed by atoms with Crippen molar-refractivity contribution < 1.29 is 4.74 Å². The van der Waals surface area contributed by atoms with E-state index in [9.17, 15) is 0 Å². The molecule has 0 amide bonds. The highest BCUT2D eigenvalue weighted by Crippen LogP contribution is 2.24. The summed E-state index contributed by atoms with van der Waals surface area (Å²) in [7, 11) is 0. The van der Waals surface area contributed by atoms with Gasteiger partial charge in [-0.05, 0) is 48.0 Å². The maximum Gasteiger partial charge on any atom is 0.0642 e. The fourth-order valence-electron chi connectivity index (χ4n) is 1.16. The Morgan fingerprint density at radius 3 is 2.80 bits per heavy atom. The molecule has 0 aliphatic carbocycles. The van der Waals surface area contributed by atoms with E-state index in [1.165, 1.54) is 0 Å². The highest BCUT2D eigenvalue weighted by atomic mass is 79.9. The summed E-state index contributed by atoms with van der Waals surface area (Å²) in [5, 5.41) is 3.27. The van der Waals surface area contributed by atoms with E-state index in [0.29, 0.717) is 6.61 Å². The molecule has 15 heavy (non-hydrogen) atoms. The zero-order valence-corrected chi connectivity index (χ0v) is 10.7. The quantitative estimate of drug-likeness (QED) is 0.640. The van der Waals surface area contributed by atoms with Crippen molar-refractivity contribution in [2.24, 2.45) is 0 Å². The van der Waals surface area contributed by atoms with Crippen molar-refractivity contribution >= 4 is 27.3 Å². The van der Waals surface area contributed by atoms with Crippen LogP contribution < -0.4 is 11.1 Å². The second-order valence-electron chi connectivity index (χ2n) is 3.59. The topological polar surface area (TPSA) is 47.3 Å². The Balaban J connectivity index is 2.37. The first-order valence-corrected chi connectivity index (χ1v) is 5.79. The lowest BCUT2D eigenvalue weighted by atomic mass is 10.3. The third-order valence-electron chi connectivity index (χ3n) is 1.86. The Hall–Kier alpha value is -0.740. The first-order chi connectivity index (χ1) is 7.09. The molecule has 0 unspecified atom stereocenters. The predicted molar refractivity (Wildman–Crippen MR) is 68.1 cm³/mol. The van der Waals surface area contributed by atoms with Gasteiger partial charge in [0.2, 0.25) is 0 Å². The van der Waals surface area contributed by atoms with Crippen molar-refractivity contribution in [1.82, 2.24) is 0 Å². The summed E-state index contributed by atoms with van der Waals surface area (Å²) in [5.41, 5.74) is 7.43. The maximum absolute atomic E-state index is 5.64. The van der Waals surface area contributed by atoms with Crippen LogP contribution in [0.3, 0.4) is 0 Å². The van der Waals surface area contributed by atoms with E-state index in [0.717, 1.165) is 22.4 Å². The number of ether oxygens (including phenoxy) is 1. The first-order valence-electron chi connectivity index (χ1n) is 5.00. The summed E-state index contributed by atoms with van der Waals surface area (Å²) in [6, 6.07) is 5.71. The molecule has 1 aromatic rings. The molecular weight excluding hydrogens is 256 g/mol. The lowest BCUT2D eigenvalue weighted by molar-refractivity contribution is 0.0870. The molecule has 0 heterocycles. The molecule has 0 aliphatic rings. The maximum atomic E-state index is 5.64. The molecule has 84 valence electrons. The molecule has 0 saturated carbocycles. The summed E-state index contributed by atoms with van der Waals surface area (Å²) in [5.74, 6) is 0. The van der Waals surface area contributed by atoms with Crippen LogP contribution >= 0.6 is 15.9 Å². The van der Waals surface area contributed by atoms with Gasteiger partial charge in [0, 0.05) is 22.4 Å². The van der Waals surface area contributed by atoms with Crippen molar-refractivity contribution in [2.75, 3.05) is 24.2 Å². The smallest absolute Gasteiger partial charge is 0.0642 e. The summed E-state index contributed by atoms with van der Waals surface area (Å²) in [4.78, 5) is 0. The van der Waals surface area contributed by atoms with Crippen LogP contribution in [-0.4, -0.2) is 19.3 Å². The lowest BCUT2D eigenvalue weighted by Crippen LogP contribution is -2.13. The van der Waals surface area contributed by atoms with Gasteiger partial charge in [-0.25, -0.2) is 0 Å². The van der Waals surface area contributed by atoms with Crippen molar-refractivity contribution in [3.8, 4) is 0 Å². The number of hydrogen-bond donors (Lipinski definition) is 2. The fourth-order valence-corrected chi connectivity index (χ4v) is 1.69. The van der Waals surface area contributed by atoms with Crippen molar-refractivity contribution in [2.45, 2.75) is 20.0 Å². The molecule has 0 bridgehead atoms. The van der Waals surface area contributed by atoms with Crippen LogP contribution in [0.4, 0.5) is 11.4 Å². The molecule has 3 nitrogen and oxygen atoms in total. The number of anilines is 2. The van der Waals surface area contributed by atoms with Gasteiger partial charge >= 0.3 is 0 Å². The van der Waals surface area contributed by atoms with Crippen LogP contribution in [0.15, 0.2) is 22.7 Å². The number of halogens is 1. The van der Waals surface area contributed by atoms with Crippen LogP contribution in [0.1, 0.15) is 13.8 Å². The van der Waals surface area contributed by atoms with Gasteiger partial charge in [-0.2, -0.15) is 0 Å². The van der Waals surface area contributed by atoms with Gasteiger partial charge in [0.05, 0.1) is 12.7 Å². The Morgan fingerprint density at radius 1 is 1.47 bits per heavy atom. The molecule has 0 aliphatic heterocycles. The van der Waals surface area contributed by atoms with Gasteiger partial charge in [-0.1, -0.05) is 0 Å². The Kier molecular flexibility index (Phi) is 4.91. The van der Waals surface area contributed by atoms with E-state index in [2.05, 4.69) is 21.2 Å². The second-order valence-corrected chi connectivity index (χ2v) is 4.44.